The molecule has 0 aliphatic rings. The summed E-state index contributed by atoms with van der Waals surface area (Å²) in [5.41, 5.74) is 2.44. The molecule has 0 atom stereocenters. The Hall–Kier alpha value is -0.980. The van der Waals surface area contributed by atoms with Gasteiger partial charge in [0.1, 0.15) is 0 Å². The highest BCUT2D eigenvalue weighted by Crippen LogP contribution is 2.16. The van der Waals surface area contributed by atoms with E-state index < -0.39 is 0 Å². The highest BCUT2D eigenvalue weighted by molar-refractivity contribution is 5.45. The summed E-state index contributed by atoms with van der Waals surface area (Å²) in [5.74, 6) is 0.594. The van der Waals surface area contributed by atoms with Crippen molar-refractivity contribution in [3.63, 3.8) is 0 Å². The van der Waals surface area contributed by atoms with Crippen LogP contribution in [0.15, 0.2) is 24.3 Å². The van der Waals surface area contributed by atoms with Crippen LogP contribution in [0, 0.1) is 6.92 Å². The van der Waals surface area contributed by atoms with Crippen LogP contribution in [-0.2, 0) is 0 Å². The first-order valence-electron chi connectivity index (χ1n) is 4.28. The van der Waals surface area contributed by atoms with Gasteiger partial charge in [-0.2, -0.15) is 0 Å². The summed E-state index contributed by atoms with van der Waals surface area (Å²) in [6.07, 6.45) is 0. The third-order valence-corrected chi connectivity index (χ3v) is 1.88. The minimum atomic E-state index is 0.487. The molecule has 0 saturated carbocycles. The molecule has 0 aromatic heterocycles. The van der Waals surface area contributed by atoms with Crippen molar-refractivity contribution < 1.29 is 0 Å². The van der Waals surface area contributed by atoms with E-state index in [4.69, 9.17) is 6.92 Å². The Bertz CT molecular complexity index is 223. The number of benzene rings is 1. The van der Waals surface area contributed by atoms with Crippen molar-refractivity contribution >= 4 is 5.69 Å². The Kier molecular flexibility index (Phi) is 3.15. The maximum atomic E-state index is 5.35. The van der Waals surface area contributed by atoms with Gasteiger partial charge in [0, 0.05) is 12.2 Å². The first-order valence-corrected chi connectivity index (χ1v) is 4.28. The molecule has 0 spiro atoms. The zero-order valence-electron chi connectivity index (χ0n) is 7.67. The highest BCUT2D eigenvalue weighted by Gasteiger charge is 1.97. The summed E-state index contributed by atoms with van der Waals surface area (Å²) >= 11 is 0. The predicted molar refractivity (Wildman–Crippen MR) is 53.3 cm³/mol. The number of anilines is 1. The van der Waals surface area contributed by atoms with Gasteiger partial charge in [0.2, 0.25) is 0 Å². The van der Waals surface area contributed by atoms with E-state index in [0.717, 1.165) is 5.69 Å². The fraction of sp³-hybridized carbons (Fsp3) is 0.364. The second kappa shape index (κ2) is 4.15. The van der Waals surface area contributed by atoms with Crippen LogP contribution in [-0.4, -0.2) is 6.54 Å². The predicted octanol–water partition coefficient (Wildman–Crippen LogP) is 2.93. The van der Waals surface area contributed by atoms with Crippen molar-refractivity contribution in [2.45, 2.75) is 19.8 Å². The number of rotatable bonds is 3. The lowest BCUT2D eigenvalue weighted by molar-refractivity contribution is 0.867. The molecule has 0 heterocycles. The Labute approximate surface area is 74.8 Å². The van der Waals surface area contributed by atoms with Crippen molar-refractivity contribution in [3.8, 4) is 0 Å². The second-order valence-corrected chi connectivity index (χ2v) is 3.16. The Balaban J connectivity index is 2.71. The normalized spacial score (nSPS) is 10.3. The first kappa shape index (κ1) is 9.11. The fourth-order valence-electron chi connectivity index (χ4n) is 1.10. The molecule has 1 rings (SSSR count). The van der Waals surface area contributed by atoms with E-state index >= 15 is 0 Å². The van der Waals surface area contributed by atoms with Crippen molar-refractivity contribution in [2.75, 3.05) is 11.9 Å². The Morgan fingerprint density at radius 1 is 1.25 bits per heavy atom. The van der Waals surface area contributed by atoms with Crippen molar-refractivity contribution in [1.82, 2.24) is 0 Å². The smallest absolute Gasteiger partial charge is 0.0340 e. The summed E-state index contributed by atoms with van der Waals surface area (Å²) < 4.78 is 0. The maximum Gasteiger partial charge on any atom is 0.0340 e. The molecule has 1 heteroatoms. The van der Waals surface area contributed by atoms with E-state index in [1.54, 1.807) is 0 Å². The van der Waals surface area contributed by atoms with E-state index in [9.17, 15) is 0 Å². The highest BCUT2D eigenvalue weighted by atomic mass is 14.8. The van der Waals surface area contributed by atoms with Crippen LogP contribution in [0.1, 0.15) is 25.3 Å². The van der Waals surface area contributed by atoms with Crippen LogP contribution in [0.2, 0.25) is 0 Å². The molecule has 0 aliphatic carbocycles. The standard InChI is InChI=1S/C11H15N/c1-4-12-11-7-5-10(6-8-11)9(2)3/h1,5-9,12H,4H2,2-3H3. The van der Waals surface area contributed by atoms with Gasteiger partial charge in [-0.1, -0.05) is 26.0 Å². The molecule has 64 valence electrons. The van der Waals surface area contributed by atoms with E-state index in [1.807, 2.05) is 0 Å². The molecule has 0 amide bonds. The van der Waals surface area contributed by atoms with Crippen LogP contribution in [0.25, 0.3) is 0 Å². The van der Waals surface area contributed by atoms with E-state index in [2.05, 4.69) is 43.4 Å². The molecule has 1 aromatic carbocycles. The first-order chi connectivity index (χ1) is 5.74. The topological polar surface area (TPSA) is 12.0 Å². The van der Waals surface area contributed by atoms with Crippen LogP contribution in [0.4, 0.5) is 5.69 Å². The monoisotopic (exact) mass is 161 g/mol. The van der Waals surface area contributed by atoms with Gasteiger partial charge in [0.25, 0.3) is 0 Å². The van der Waals surface area contributed by atoms with Crippen molar-refractivity contribution in [1.29, 1.82) is 0 Å². The molecule has 0 aliphatic heterocycles. The SMILES string of the molecule is [CH]CNc1ccc(C(C)C)cc1. The molecule has 0 fully saturated rings. The van der Waals surface area contributed by atoms with Crippen molar-refractivity contribution in [2.24, 2.45) is 0 Å². The lowest BCUT2D eigenvalue weighted by atomic mass is 10.0. The molecule has 2 radical (unpaired) electrons. The molecule has 1 N–H and O–H groups in total. The molecular formula is C11H15N. The minimum absolute atomic E-state index is 0.487. The van der Waals surface area contributed by atoms with Gasteiger partial charge in [-0.05, 0) is 30.5 Å². The average molecular weight is 161 g/mol. The van der Waals surface area contributed by atoms with E-state index in [-0.39, 0.29) is 0 Å². The number of hydrogen-bond acceptors (Lipinski definition) is 1. The zero-order valence-corrected chi connectivity index (χ0v) is 7.67. The quantitative estimate of drug-likeness (QED) is 0.718. The molecule has 0 bridgehead atoms. The third-order valence-electron chi connectivity index (χ3n) is 1.88. The van der Waals surface area contributed by atoms with Gasteiger partial charge in [-0.15, -0.1) is 0 Å². The average Bonchev–Trinajstić information content (AvgIpc) is 2.06. The molecule has 0 unspecified atom stereocenters. The summed E-state index contributed by atoms with van der Waals surface area (Å²) in [7, 11) is 0. The van der Waals surface area contributed by atoms with Gasteiger partial charge >= 0.3 is 0 Å². The summed E-state index contributed by atoms with van der Waals surface area (Å²) in [5, 5.41) is 3.05. The molecular weight excluding hydrogens is 146 g/mol. The number of nitrogens with one attached hydrogen (secondary N) is 1. The van der Waals surface area contributed by atoms with Crippen LogP contribution in [0.3, 0.4) is 0 Å². The van der Waals surface area contributed by atoms with Crippen LogP contribution >= 0.6 is 0 Å². The van der Waals surface area contributed by atoms with Crippen LogP contribution < -0.4 is 5.32 Å². The van der Waals surface area contributed by atoms with E-state index in [1.165, 1.54) is 5.56 Å². The summed E-state index contributed by atoms with van der Waals surface area (Å²) in [6.45, 7) is 10.2. The lowest BCUT2D eigenvalue weighted by Crippen LogP contribution is -1.96. The molecule has 12 heavy (non-hydrogen) atoms. The Morgan fingerprint density at radius 3 is 2.25 bits per heavy atom. The summed E-state index contributed by atoms with van der Waals surface area (Å²) in [4.78, 5) is 0. The van der Waals surface area contributed by atoms with Crippen molar-refractivity contribution in [3.05, 3.63) is 36.8 Å². The molecule has 1 nitrogen and oxygen atoms in total. The van der Waals surface area contributed by atoms with Gasteiger partial charge in [0.05, 0.1) is 0 Å². The second-order valence-electron chi connectivity index (χ2n) is 3.16. The van der Waals surface area contributed by atoms with Gasteiger partial charge < -0.3 is 5.32 Å². The number of hydrogen-bond donors (Lipinski definition) is 1. The lowest BCUT2D eigenvalue weighted by Gasteiger charge is -2.07. The molecule has 1 aromatic rings. The van der Waals surface area contributed by atoms with Gasteiger partial charge in [0.15, 0.2) is 0 Å². The third kappa shape index (κ3) is 2.26. The van der Waals surface area contributed by atoms with E-state index in [0.29, 0.717) is 12.5 Å². The zero-order chi connectivity index (χ0) is 8.97. The van der Waals surface area contributed by atoms with Crippen LogP contribution in [0.5, 0.6) is 0 Å². The largest absolute Gasteiger partial charge is 0.385 e. The minimum Gasteiger partial charge on any atom is -0.385 e. The van der Waals surface area contributed by atoms with Gasteiger partial charge in [-0.25, -0.2) is 0 Å². The Morgan fingerprint density at radius 2 is 1.83 bits per heavy atom. The molecule has 0 saturated heterocycles. The summed E-state index contributed by atoms with van der Waals surface area (Å²) in [6, 6.07) is 8.37. The fourth-order valence-corrected chi connectivity index (χ4v) is 1.10. The maximum absolute atomic E-state index is 5.35. The van der Waals surface area contributed by atoms with Gasteiger partial charge in [-0.3, -0.25) is 0 Å².